The van der Waals surface area contributed by atoms with Gasteiger partial charge in [0.1, 0.15) is 0 Å². The standard InChI is InChI=1S/C16H27NO3/c1-4-5-6-7-8-15(18)17-12-11-14(13(2)3)9-10-16(19)20/h1,13-14H,5-12H2,2-3H3,(H,17,18)(H,19,20). The minimum absolute atomic E-state index is 0.0581. The zero-order valence-electron chi connectivity index (χ0n) is 12.7. The van der Waals surface area contributed by atoms with Gasteiger partial charge in [-0.15, -0.1) is 12.3 Å². The first kappa shape index (κ1) is 18.5. The molecule has 0 aliphatic rings. The van der Waals surface area contributed by atoms with Gasteiger partial charge in [0.2, 0.25) is 5.91 Å². The number of nitrogens with one attached hydrogen (secondary N) is 1. The van der Waals surface area contributed by atoms with Crippen LogP contribution in [0.3, 0.4) is 0 Å². The van der Waals surface area contributed by atoms with E-state index in [1.54, 1.807) is 0 Å². The fraction of sp³-hybridized carbons (Fsp3) is 0.750. The van der Waals surface area contributed by atoms with Crippen molar-refractivity contribution in [2.24, 2.45) is 11.8 Å². The van der Waals surface area contributed by atoms with Gasteiger partial charge in [-0.1, -0.05) is 13.8 Å². The Morgan fingerprint density at radius 2 is 1.90 bits per heavy atom. The van der Waals surface area contributed by atoms with Crippen molar-refractivity contribution in [3.8, 4) is 12.3 Å². The highest BCUT2D eigenvalue weighted by Gasteiger charge is 2.15. The Balaban J connectivity index is 3.79. The number of hydrogen-bond donors (Lipinski definition) is 2. The molecule has 0 aliphatic carbocycles. The van der Waals surface area contributed by atoms with E-state index in [1.165, 1.54) is 0 Å². The van der Waals surface area contributed by atoms with Crippen molar-refractivity contribution in [2.75, 3.05) is 6.54 Å². The lowest BCUT2D eigenvalue weighted by Gasteiger charge is -2.20. The largest absolute Gasteiger partial charge is 0.481 e. The molecule has 0 heterocycles. The van der Waals surface area contributed by atoms with Gasteiger partial charge in [0, 0.05) is 25.8 Å². The highest BCUT2D eigenvalue weighted by atomic mass is 16.4. The average Bonchev–Trinajstić information content (AvgIpc) is 2.38. The lowest BCUT2D eigenvalue weighted by molar-refractivity contribution is -0.137. The van der Waals surface area contributed by atoms with Crippen molar-refractivity contribution < 1.29 is 14.7 Å². The smallest absolute Gasteiger partial charge is 0.303 e. The number of hydrogen-bond acceptors (Lipinski definition) is 2. The van der Waals surface area contributed by atoms with E-state index in [9.17, 15) is 9.59 Å². The molecule has 2 N–H and O–H groups in total. The van der Waals surface area contributed by atoms with Crippen molar-refractivity contribution in [1.29, 1.82) is 0 Å². The molecule has 0 aromatic rings. The second kappa shape index (κ2) is 11.3. The van der Waals surface area contributed by atoms with Crippen LogP contribution in [0.1, 0.15) is 58.8 Å². The van der Waals surface area contributed by atoms with Crippen LogP contribution in [0.4, 0.5) is 0 Å². The van der Waals surface area contributed by atoms with Crippen LogP contribution >= 0.6 is 0 Å². The van der Waals surface area contributed by atoms with Gasteiger partial charge in [-0.2, -0.15) is 0 Å². The van der Waals surface area contributed by atoms with E-state index in [1.807, 2.05) is 0 Å². The minimum Gasteiger partial charge on any atom is -0.481 e. The second-order valence-corrected chi connectivity index (χ2v) is 5.49. The molecule has 0 rings (SSSR count). The molecule has 0 saturated carbocycles. The van der Waals surface area contributed by atoms with Crippen molar-refractivity contribution in [1.82, 2.24) is 5.32 Å². The highest BCUT2D eigenvalue weighted by Crippen LogP contribution is 2.20. The number of aliphatic carboxylic acids is 1. The number of carboxylic acids is 1. The summed E-state index contributed by atoms with van der Waals surface area (Å²) >= 11 is 0. The Kier molecular flexibility index (Phi) is 10.5. The van der Waals surface area contributed by atoms with Crippen molar-refractivity contribution in [3.63, 3.8) is 0 Å². The third-order valence-corrected chi connectivity index (χ3v) is 3.48. The number of unbranched alkanes of at least 4 members (excludes halogenated alkanes) is 2. The molecular formula is C16H27NO3. The lowest BCUT2D eigenvalue weighted by atomic mass is 9.88. The van der Waals surface area contributed by atoms with Gasteiger partial charge in [0.15, 0.2) is 0 Å². The SMILES string of the molecule is C#CCCCCC(=O)NCCC(CCC(=O)O)C(C)C. The van der Waals surface area contributed by atoms with Crippen LogP contribution in [0.5, 0.6) is 0 Å². The average molecular weight is 281 g/mol. The summed E-state index contributed by atoms with van der Waals surface area (Å²) in [6, 6.07) is 0. The van der Waals surface area contributed by atoms with Gasteiger partial charge in [0.25, 0.3) is 0 Å². The number of carbonyl (C=O) groups is 2. The topological polar surface area (TPSA) is 66.4 Å². The Hall–Kier alpha value is -1.50. The quantitative estimate of drug-likeness (QED) is 0.452. The number of rotatable bonds is 11. The van der Waals surface area contributed by atoms with Crippen molar-refractivity contribution >= 4 is 11.9 Å². The van der Waals surface area contributed by atoms with Crippen LogP contribution in [-0.4, -0.2) is 23.5 Å². The fourth-order valence-corrected chi connectivity index (χ4v) is 2.12. The lowest BCUT2D eigenvalue weighted by Crippen LogP contribution is -2.27. The van der Waals surface area contributed by atoms with Gasteiger partial charge in [0.05, 0.1) is 0 Å². The van der Waals surface area contributed by atoms with Crippen molar-refractivity contribution in [2.45, 2.75) is 58.8 Å². The maximum Gasteiger partial charge on any atom is 0.303 e. The molecule has 20 heavy (non-hydrogen) atoms. The Bertz CT molecular complexity index is 331. The zero-order valence-corrected chi connectivity index (χ0v) is 12.7. The summed E-state index contributed by atoms with van der Waals surface area (Å²) in [7, 11) is 0. The van der Waals surface area contributed by atoms with Crippen LogP contribution in [0.2, 0.25) is 0 Å². The van der Waals surface area contributed by atoms with Gasteiger partial charge in [-0.05, 0) is 37.5 Å². The number of carbonyl (C=O) groups excluding carboxylic acids is 1. The first-order chi connectivity index (χ1) is 9.47. The molecule has 0 fully saturated rings. The first-order valence-corrected chi connectivity index (χ1v) is 7.39. The molecular weight excluding hydrogens is 254 g/mol. The third kappa shape index (κ3) is 10.4. The number of carboxylic acid groups (broad SMARTS) is 1. The third-order valence-electron chi connectivity index (χ3n) is 3.48. The molecule has 0 aliphatic heterocycles. The van der Waals surface area contributed by atoms with Crippen molar-refractivity contribution in [3.05, 3.63) is 0 Å². The normalized spacial score (nSPS) is 11.9. The molecule has 1 amide bonds. The molecule has 0 radical (unpaired) electrons. The maximum absolute atomic E-state index is 11.6. The number of amides is 1. The monoisotopic (exact) mass is 281 g/mol. The summed E-state index contributed by atoms with van der Waals surface area (Å²) in [5.74, 6) is 2.63. The number of terminal acetylenes is 1. The second-order valence-electron chi connectivity index (χ2n) is 5.49. The summed E-state index contributed by atoms with van der Waals surface area (Å²) in [6.07, 6.45) is 9.79. The van der Waals surface area contributed by atoms with E-state index >= 15 is 0 Å². The van der Waals surface area contributed by atoms with Gasteiger partial charge in [-0.25, -0.2) is 0 Å². The molecule has 4 nitrogen and oxygen atoms in total. The Morgan fingerprint density at radius 3 is 2.45 bits per heavy atom. The molecule has 1 unspecified atom stereocenters. The predicted octanol–water partition coefficient (Wildman–Crippen LogP) is 2.82. The summed E-state index contributed by atoms with van der Waals surface area (Å²) in [5.41, 5.74) is 0. The zero-order chi connectivity index (χ0) is 15.4. The van der Waals surface area contributed by atoms with E-state index in [0.717, 1.165) is 25.7 Å². The summed E-state index contributed by atoms with van der Waals surface area (Å²) < 4.78 is 0. The van der Waals surface area contributed by atoms with E-state index in [4.69, 9.17) is 11.5 Å². The van der Waals surface area contributed by atoms with Crippen LogP contribution in [-0.2, 0) is 9.59 Å². The molecule has 0 spiro atoms. The van der Waals surface area contributed by atoms with E-state index in [2.05, 4.69) is 25.1 Å². The van der Waals surface area contributed by atoms with Crippen LogP contribution < -0.4 is 5.32 Å². The van der Waals surface area contributed by atoms with Crippen LogP contribution in [0, 0.1) is 24.2 Å². The molecule has 114 valence electrons. The van der Waals surface area contributed by atoms with Crippen LogP contribution in [0.15, 0.2) is 0 Å². The van der Waals surface area contributed by atoms with Gasteiger partial charge < -0.3 is 10.4 Å². The summed E-state index contributed by atoms with van der Waals surface area (Å²) in [4.78, 5) is 22.2. The van der Waals surface area contributed by atoms with Gasteiger partial charge >= 0.3 is 5.97 Å². The molecule has 4 heteroatoms. The summed E-state index contributed by atoms with van der Waals surface area (Å²) in [5, 5.41) is 11.6. The summed E-state index contributed by atoms with van der Waals surface area (Å²) in [6.45, 7) is 4.80. The Morgan fingerprint density at radius 1 is 1.20 bits per heavy atom. The van der Waals surface area contributed by atoms with E-state index in [0.29, 0.717) is 31.2 Å². The van der Waals surface area contributed by atoms with Crippen LogP contribution in [0.25, 0.3) is 0 Å². The molecule has 1 atom stereocenters. The molecule has 0 bridgehead atoms. The fourth-order valence-electron chi connectivity index (χ4n) is 2.12. The highest BCUT2D eigenvalue weighted by molar-refractivity contribution is 5.75. The van der Waals surface area contributed by atoms with E-state index in [-0.39, 0.29) is 12.3 Å². The van der Waals surface area contributed by atoms with Gasteiger partial charge in [-0.3, -0.25) is 9.59 Å². The predicted molar refractivity (Wildman–Crippen MR) is 80.1 cm³/mol. The maximum atomic E-state index is 11.6. The molecule has 0 aromatic heterocycles. The molecule has 0 aromatic carbocycles. The van der Waals surface area contributed by atoms with E-state index < -0.39 is 5.97 Å². The Labute approximate surface area is 122 Å². The minimum atomic E-state index is -0.756. The molecule has 0 saturated heterocycles. The first-order valence-electron chi connectivity index (χ1n) is 7.39.